The minimum Gasteiger partial charge on any atom is -0.455 e. The van der Waals surface area contributed by atoms with E-state index in [0.717, 1.165) is 55.8 Å². The van der Waals surface area contributed by atoms with Crippen molar-refractivity contribution in [1.82, 2.24) is 4.57 Å². The average molecular weight is 769 g/mol. The summed E-state index contributed by atoms with van der Waals surface area (Å²) in [6.45, 7) is 4.67. The van der Waals surface area contributed by atoms with E-state index in [2.05, 4.69) is 230 Å². The number of rotatable bonds is 6. The molecular formula is C57H40N2O. The molecule has 0 atom stereocenters. The molecule has 0 saturated heterocycles. The maximum absolute atomic E-state index is 6.81. The van der Waals surface area contributed by atoms with E-state index in [9.17, 15) is 0 Å². The van der Waals surface area contributed by atoms with Crippen LogP contribution in [0, 0.1) is 0 Å². The molecule has 3 nitrogen and oxygen atoms in total. The summed E-state index contributed by atoms with van der Waals surface area (Å²) in [5.41, 5.74) is 18.4. The number of furan rings is 1. The molecule has 9 aromatic carbocycles. The molecule has 0 unspecified atom stereocenters. The number of para-hydroxylation sites is 3. The summed E-state index contributed by atoms with van der Waals surface area (Å²) >= 11 is 0. The Bertz CT molecular complexity index is 3430. The van der Waals surface area contributed by atoms with E-state index in [1.54, 1.807) is 0 Å². The lowest BCUT2D eigenvalue weighted by molar-refractivity contribution is 0.658. The highest BCUT2D eigenvalue weighted by Crippen LogP contribution is 2.51. The molecule has 284 valence electrons. The standard InChI is InChI=1S/C57H40N2O/c1-57(2)51-22-11-9-18-45(51)48-36-55-50(35-52(48)57)47-21-13-20-44(56(47)60-55)39-26-30-42(31-27-39)58(41-28-24-38(25-29-41)37-14-5-3-6-15-37)43-32-33-54-49(34-43)46-19-10-12-23-53(46)59(54)40-16-7-4-8-17-40/h3-36H,1-2H3. The molecule has 0 spiro atoms. The van der Waals surface area contributed by atoms with Gasteiger partial charge in [-0.3, -0.25) is 0 Å². The molecule has 3 heteroatoms. The predicted molar refractivity (Wildman–Crippen MR) is 251 cm³/mol. The Balaban J connectivity index is 0.984. The van der Waals surface area contributed by atoms with Crippen LogP contribution in [0.4, 0.5) is 17.1 Å². The van der Waals surface area contributed by atoms with Crippen molar-refractivity contribution in [3.05, 3.63) is 217 Å². The minimum atomic E-state index is -0.0750. The second kappa shape index (κ2) is 13.2. The summed E-state index contributed by atoms with van der Waals surface area (Å²) in [5.74, 6) is 0. The molecule has 12 rings (SSSR count). The molecule has 60 heavy (non-hydrogen) atoms. The van der Waals surface area contributed by atoms with Gasteiger partial charge >= 0.3 is 0 Å². The average Bonchev–Trinajstić information content (AvgIpc) is 3.92. The molecule has 0 bridgehead atoms. The highest BCUT2D eigenvalue weighted by molar-refractivity contribution is 6.12. The molecule has 0 amide bonds. The number of nitrogens with zero attached hydrogens (tertiary/aromatic N) is 2. The first-order valence-corrected chi connectivity index (χ1v) is 20.8. The Labute approximate surface area is 349 Å². The minimum absolute atomic E-state index is 0.0750. The van der Waals surface area contributed by atoms with Gasteiger partial charge in [0, 0.05) is 55.3 Å². The first-order valence-electron chi connectivity index (χ1n) is 20.8. The second-order valence-corrected chi connectivity index (χ2v) is 16.5. The summed E-state index contributed by atoms with van der Waals surface area (Å²) in [6, 6.07) is 74.7. The number of anilines is 3. The van der Waals surface area contributed by atoms with Gasteiger partial charge in [0.15, 0.2) is 0 Å². The molecule has 11 aromatic rings. The zero-order chi connectivity index (χ0) is 40.0. The maximum atomic E-state index is 6.81. The van der Waals surface area contributed by atoms with Gasteiger partial charge in [0.25, 0.3) is 0 Å². The predicted octanol–water partition coefficient (Wildman–Crippen LogP) is 15.8. The van der Waals surface area contributed by atoms with E-state index in [4.69, 9.17) is 4.42 Å². The summed E-state index contributed by atoms with van der Waals surface area (Å²) in [6.07, 6.45) is 0. The van der Waals surface area contributed by atoms with Crippen LogP contribution in [0.2, 0.25) is 0 Å². The molecule has 0 fully saturated rings. The van der Waals surface area contributed by atoms with Crippen molar-refractivity contribution in [1.29, 1.82) is 0 Å². The molecule has 1 aliphatic carbocycles. The number of hydrogen-bond donors (Lipinski definition) is 0. The van der Waals surface area contributed by atoms with Crippen molar-refractivity contribution in [2.45, 2.75) is 19.3 Å². The van der Waals surface area contributed by atoms with Crippen LogP contribution in [0.25, 0.3) is 82.8 Å². The van der Waals surface area contributed by atoms with Crippen LogP contribution in [0.15, 0.2) is 211 Å². The lowest BCUT2D eigenvalue weighted by atomic mass is 9.82. The van der Waals surface area contributed by atoms with Gasteiger partial charge in [-0.05, 0) is 112 Å². The molecular weight excluding hydrogens is 729 g/mol. The topological polar surface area (TPSA) is 21.3 Å². The van der Waals surface area contributed by atoms with Gasteiger partial charge in [0.05, 0.1) is 11.0 Å². The van der Waals surface area contributed by atoms with Crippen LogP contribution in [0.1, 0.15) is 25.0 Å². The molecule has 0 radical (unpaired) electrons. The second-order valence-electron chi connectivity index (χ2n) is 16.5. The fourth-order valence-corrected chi connectivity index (χ4v) is 9.85. The van der Waals surface area contributed by atoms with Gasteiger partial charge in [-0.15, -0.1) is 0 Å². The molecule has 0 saturated carbocycles. The van der Waals surface area contributed by atoms with Crippen LogP contribution in [0.5, 0.6) is 0 Å². The molecule has 1 aliphatic rings. The first-order chi connectivity index (χ1) is 29.5. The van der Waals surface area contributed by atoms with Crippen molar-refractivity contribution in [2.75, 3.05) is 4.90 Å². The van der Waals surface area contributed by atoms with E-state index in [0.29, 0.717) is 0 Å². The fourth-order valence-electron chi connectivity index (χ4n) is 9.85. The Morgan fingerprint density at radius 2 is 1.00 bits per heavy atom. The fraction of sp³-hybridized carbons (Fsp3) is 0.0526. The van der Waals surface area contributed by atoms with Crippen molar-refractivity contribution < 1.29 is 4.42 Å². The zero-order valence-electron chi connectivity index (χ0n) is 33.4. The Morgan fingerprint density at radius 1 is 0.400 bits per heavy atom. The highest BCUT2D eigenvalue weighted by atomic mass is 16.3. The summed E-state index contributed by atoms with van der Waals surface area (Å²) in [7, 11) is 0. The van der Waals surface area contributed by atoms with Gasteiger partial charge < -0.3 is 13.9 Å². The highest BCUT2D eigenvalue weighted by Gasteiger charge is 2.36. The molecule has 2 aromatic heterocycles. The van der Waals surface area contributed by atoms with Crippen LogP contribution in [0.3, 0.4) is 0 Å². The number of aromatic nitrogens is 1. The third-order valence-electron chi connectivity index (χ3n) is 12.8. The Kier molecular flexibility index (Phi) is 7.58. The van der Waals surface area contributed by atoms with Crippen LogP contribution in [-0.4, -0.2) is 4.57 Å². The van der Waals surface area contributed by atoms with E-state index in [1.165, 1.54) is 55.2 Å². The number of benzene rings is 9. The smallest absolute Gasteiger partial charge is 0.143 e. The summed E-state index contributed by atoms with van der Waals surface area (Å²) in [5, 5.41) is 4.75. The molecule has 2 heterocycles. The van der Waals surface area contributed by atoms with Gasteiger partial charge in [-0.2, -0.15) is 0 Å². The van der Waals surface area contributed by atoms with E-state index in [-0.39, 0.29) is 5.41 Å². The van der Waals surface area contributed by atoms with Gasteiger partial charge in [-0.1, -0.05) is 147 Å². The van der Waals surface area contributed by atoms with E-state index < -0.39 is 0 Å². The van der Waals surface area contributed by atoms with Gasteiger partial charge in [0.1, 0.15) is 11.2 Å². The third-order valence-corrected chi connectivity index (χ3v) is 12.8. The Morgan fingerprint density at radius 3 is 1.78 bits per heavy atom. The van der Waals surface area contributed by atoms with Crippen molar-refractivity contribution in [2.24, 2.45) is 0 Å². The van der Waals surface area contributed by atoms with Crippen LogP contribution < -0.4 is 4.90 Å². The van der Waals surface area contributed by atoms with E-state index >= 15 is 0 Å². The lowest BCUT2D eigenvalue weighted by Crippen LogP contribution is -2.14. The monoisotopic (exact) mass is 768 g/mol. The van der Waals surface area contributed by atoms with Gasteiger partial charge in [-0.25, -0.2) is 0 Å². The van der Waals surface area contributed by atoms with Crippen LogP contribution >= 0.6 is 0 Å². The normalized spacial score (nSPS) is 13.0. The Hall–Kier alpha value is -7.62. The summed E-state index contributed by atoms with van der Waals surface area (Å²) in [4.78, 5) is 2.37. The van der Waals surface area contributed by atoms with E-state index in [1.807, 2.05) is 0 Å². The van der Waals surface area contributed by atoms with Gasteiger partial charge in [0.2, 0.25) is 0 Å². The number of hydrogen-bond acceptors (Lipinski definition) is 2. The van der Waals surface area contributed by atoms with Crippen LogP contribution in [-0.2, 0) is 5.41 Å². The third kappa shape index (κ3) is 5.22. The SMILES string of the molecule is CC1(C)c2ccccc2-c2cc3oc4c(-c5ccc(N(c6ccc(-c7ccccc7)cc6)c6ccc7c(c6)c6ccccc6n7-c6ccccc6)cc5)cccc4c3cc21. The summed E-state index contributed by atoms with van der Waals surface area (Å²) < 4.78 is 9.18. The molecule has 0 N–H and O–H groups in total. The quantitative estimate of drug-likeness (QED) is 0.168. The molecule has 0 aliphatic heterocycles. The van der Waals surface area contributed by atoms with Crippen molar-refractivity contribution in [3.8, 4) is 39.1 Å². The maximum Gasteiger partial charge on any atom is 0.143 e. The zero-order valence-corrected chi connectivity index (χ0v) is 33.4. The lowest BCUT2D eigenvalue weighted by Gasteiger charge is -2.26. The number of fused-ring (bicyclic) bond motifs is 9. The first kappa shape index (κ1) is 34.4. The largest absolute Gasteiger partial charge is 0.455 e. The van der Waals surface area contributed by atoms with Crippen molar-refractivity contribution in [3.63, 3.8) is 0 Å². The van der Waals surface area contributed by atoms with Crippen molar-refractivity contribution >= 4 is 60.8 Å².